The van der Waals surface area contributed by atoms with E-state index in [9.17, 15) is 4.79 Å². The topological polar surface area (TPSA) is 58.1 Å². The van der Waals surface area contributed by atoms with Crippen LogP contribution >= 0.6 is 0 Å². The molecule has 122 valence electrons. The van der Waals surface area contributed by atoms with Crippen molar-refractivity contribution in [3.05, 3.63) is 42.0 Å². The van der Waals surface area contributed by atoms with Gasteiger partial charge in [0.1, 0.15) is 0 Å². The summed E-state index contributed by atoms with van der Waals surface area (Å²) in [7, 11) is 0. The minimum atomic E-state index is -0.461. The van der Waals surface area contributed by atoms with Crippen molar-refractivity contribution in [3.63, 3.8) is 0 Å². The van der Waals surface area contributed by atoms with Crippen LogP contribution in [0.15, 0.2) is 36.4 Å². The van der Waals surface area contributed by atoms with Gasteiger partial charge in [-0.25, -0.2) is 0 Å². The number of anilines is 3. The fourth-order valence-electron chi connectivity index (χ4n) is 2.11. The maximum absolute atomic E-state index is 12.0. The maximum Gasteiger partial charge on any atom is 0.230 e. The largest absolute Gasteiger partial charge is 0.325 e. The second kappa shape index (κ2) is 6.77. The molecule has 1 aromatic heterocycles. The van der Waals surface area contributed by atoms with Gasteiger partial charge in [0.05, 0.1) is 0 Å². The highest BCUT2D eigenvalue weighted by molar-refractivity contribution is 5.93. The van der Waals surface area contributed by atoms with Crippen LogP contribution in [-0.4, -0.2) is 22.6 Å². The van der Waals surface area contributed by atoms with E-state index in [-0.39, 0.29) is 5.91 Å². The van der Waals surface area contributed by atoms with Crippen LogP contribution in [0.1, 0.15) is 33.3 Å². The molecule has 0 fully saturated rings. The molecule has 0 spiro atoms. The Morgan fingerprint density at radius 3 is 2.43 bits per heavy atom. The van der Waals surface area contributed by atoms with Crippen LogP contribution in [0.4, 0.5) is 17.3 Å². The van der Waals surface area contributed by atoms with Gasteiger partial charge in [-0.15, -0.1) is 10.2 Å². The summed E-state index contributed by atoms with van der Waals surface area (Å²) in [4.78, 5) is 14.1. The molecule has 0 atom stereocenters. The predicted molar refractivity (Wildman–Crippen MR) is 94.0 cm³/mol. The average Bonchev–Trinajstić information content (AvgIpc) is 2.49. The highest BCUT2D eigenvalue weighted by Crippen LogP contribution is 2.24. The van der Waals surface area contributed by atoms with Crippen LogP contribution in [0.25, 0.3) is 0 Å². The molecule has 5 heteroatoms. The molecule has 0 aliphatic heterocycles. The highest BCUT2D eigenvalue weighted by atomic mass is 16.2. The van der Waals surface area contributed by atoms with E-state index in [1.165, 1.54) is 5.56 Å². The standard InChI is InChI=1S/C18H24N4O/c1-6-22(14-9-7-8-13(2)12-14)16-11-10-15(20-21-16)19-17(23)18(3,4)5/h7-12H,6H2,1-5H3,(H,19,20,23). The lowest BCUT2D eigenvalue weighted by atomic mass is 9.96. The molecule has 0 saturated heterocycles. The molecular formula is C18H24N4O. The number of aromatic nitrogens is 2. The van der Waals surface area contributed by atoms with Gasteiger partial charge < -0.3 is 10.2 Å². The van der Waals surface area contributed by atoms with Crippen molar-refractivity contribution in [3.8, 4) is 0 Å². The van der Waals surface area contributed by atoms with Crippen LogP contribution < -0.4 is 10.2 Å². The third-order valence-electron chi connectivity index (χ3n) is 3.48. The highest BCUT2D eigenvalue weighted by Gasteiger charge is 2.21. The first-order chi connectivity index (χ1) is 10.8. The molecule has 2 aromatic rings. The normalized spacial score (nSPS) is 11.2. The molecule has 0 unspecified atom stereocenters. The van der Waals surface area contributed by atoms with Crippen molar-refractivity contribution in [2.75, 3.05) is 16.8 Å². The Kier molecular flexibility index (Phi) is 4.98. The number of aryl methyl sites for hydroxylation is 1. The zero-order valence-electron chi connectivity index (χ0n) is 14.4. The molecule has 0 bridgehead atoms. The summed E-state index contributed by atoms with van der Waals surface area (Å²) in [5.74, 6) is 1.14. The third kappa shape index (κ3) is 4.28. The van der Waals surface area contributed by atoms with E-state index >= 15 is 0 Å². The number of nitrogens with one attached hydrogen (secondary N) is 1. The molecule has 5 nitrogen and oxygen atoms in total. The number of carbonyl (C=O) groups excluding carboxylic acids is 1. The van der Waals surface area contributed by atoms with E-state index in [1.807, 2.05) is 39.0 Å². The molecule has 0 radical (unpaired) electrons. The fraction of sp³-hybridized carbons (Fsp3) is 0.389. The van der Waals surface area contributed by atoms with E-state index in [1.54, 1.807) is 6.07 Å². The number of benzene rings is 1. The third-order valence-corrected chi connectivity index (χ3v) is 3.48. The van der Waals surface area contributed by atoms with Gasteiger partial charge in [0.15, 0.2) is 11.6 Å². The van der Waals surface area contributed by atoms with Crippen LogP contribution in [0.5, 0.6) is 0 Å². The fourth-order valence-corrected chi connectivity index (χ4v) is 2.11. The molecule has 0 saturated carbocycles. The number of nitrogens with zero attached hydrogens (tertiary/aromatic N) is 3. The number of hydrogen-bond donors (Lipinski definition) is 1. The Bertz CT molecular complexity index is 674. The van der Waals surface area contributed by atoms with Gasteiger partial charge in [-0.05, 0) is 43.7 Å². The first kappa shape index (κ1) is 16.9. The monoisotopic (exact) mass is 312 g/mol. The molecule has 23 heavy (non-hydrogen) atoms. The molecule has 1 heterocycles. The summed E-state index contributed by atoms with van der Waals surface area (Å²) in [6.45, 7) is 10.5. The summed E-state index contributed by atoms with van der Waals surface area (Å²) >= 11 is 0. The van der Waals surface area contributed by atoms with Crippen LogP contribution in [0.3, 0.4) is 0 Å². The molecule has 1 amide bonds. The quantitative estimate of drug-likeness (QED) is 0.929. The minimum Gasteiger partial charge on any atom is -0.325 e. The number of rotatable bonds is 4. The summed E-state index contributed by atoms with van der Waals surface area (Å²) in [5, 5.41) is 11.2. The predicted octanol–water partition coefficient (Wildman–Crippen LogP) is 3.93. The van der Waals surface area contributed by atoms with Crippen LogP contribution in [-0.2, 0) is 4.79 Å². The zero-order valence-corrected chi connectivity index (χ0v) is 14.4. The van der Waals surface area contributed by atoms with Gasteiger partial charge in [-0.2, -0.15) is 0 Å². The van der Waals surface area contributed by atoms with Gasteiger partial charge >= 0.3 is 0 Å². The lowest BCUT2D eigenvalue weighted by Gasteiger charge is -2.22. The Morgan fingerprint density at radius 1 is 1.17 bits per heavy atom. The maximum atomic E-state index is 12.0. The lowest BCUT2D eigenvalue weighted by molar-refractivity contribution is -0.123. The van der Waals surface area contributed by atoms with Gasteiger partial charge in [0.2, 0.25) is 5.91 Å². The van der Waals surface area contributed by atoms with Gasteiger partial charge in [0, 0.05) is 17.6 Å². The SMILES string of the molecule is CCN(c1cccc(C)c1)c1ccc(NC(=O)C(C)(C)C)nn1. The molecule has 1 N–H and O–H groups in total. The Hall–Kier alpha value is -2.43. The van der Waals surface area contributed by atoms with Crippen molar-refractivity contribution in [2.45, 2.75) is 34.6 Å². The molecule has 2 rings (SSSR count). The van der Waals surface area contributed by atoms with Gasteiger partial charge in [-0.1, -0.05) is 32.9 Å². The Balaban J connectivity index is 2.19. The van der Waals surface area contributed by atoms with E-state index < -0.39 is 5.41 Å². The summed E-state index contributed by atoms with van der Waals surface area (Å²) in [6, 6.07) is 11.9. The first-order valence-corrected chi connectivity index (χ1v) is 7.80. The second-order valence-corrected chi connectivity index (χ2v) is 6.56. The van der Waals surface area contributed by atoms with Crippen molar-refractivity contribution >= 4 is 23.2 Å². The van der Waals surface area contributed by atoms with E-state index in [2.05, 4.69) is 46.4 Å². The Morgan fingerprint density at radius 2 is 1.91 bits per heavy atom. The first-order valence-electron chi connectivity index (χ1n) is 7.80. The zero-order chi connectivity index (χ0) is 17.0. The van der Waals surface area contributed by atoms with E-state index in [0.717, 1.165) is 18.1 Å². The van der Waals surface area contributed by atoms with Crippen LogP contribution in [0, 0.1) is 12.3 Å². The van der Waals surface area contributed by atoms with Gasteiger partial charge in [-0.3, -0.25) is 4.79 Å². The number of hydrogen-bond acceptors (Lipinski definition) is 4. The van der Waals surface area contributed by atoms with E-state index in [4.69, 9.17) is 0 Å². The Labute approximate surface area is 137 Å². The summed E-state index contributed by atoms with van der Waals surface area (Å²) < 4.78 is 0. The van der Waals surface area contributed by atoms with Crippen molar-refractivity contribution in [1.29, 1.82) is 0 Å². The smallest absolute Gasteiger partial charge is 0.230 e. The second-order valence-electron chi connectivity index (χ2n) is 6.56. The average molecular weight is 312 g/mol. The molecule has 1 aromatic carbocycles. The minimum absolute atomic E-state index is 0.0782. The van der Waals surface area contributed by atoms with E-state index in [0.29, 0.717) is 5.82 Å². The summed E-state index contributed by atoms with van der Waals surface area (Å²) in [5.41, 5.74) is 1.81. The lowest BCUT2D eigenvalue weighted by Crippen LogP contribution is -2.28. The van der Waals surface area contributed by atoms with Crippen molar-refractivity contribution in [1.82, 2.24) is 10.2 Å². The van der Waals surface area contributed by atoms with Gasteiger partial charge in [0.25, 0.3) is 0 Å². The number of amides is 1. The molecular weight excluding hydrogens is 288 g/mol. The molecule has 0 aliphatic carbocycles. The van der Waals surface area contributed by atoms with Crippen molar-refractivity contribution in [2.24, 2.45) is 5.41 Å². The number of carbonyl (C=O) groups is 1. The molecule has 0 aliphatic rings. The summed E-state index contributed by atoms with van der Waals surface area (Å²) in [6.07, 6.45) is 0. The van der Waals surface area contributed by atoms with Crippen LogP contribution in [0.2, 0.25) is 0 Å². The van der Waals surface area contributed by atoms with Crippen molar-refractivity contribution < 1.29 is 4.79 Å².